The Bertz CT molecular complexity index is 1080. The third-order valence-electron chi connectivity index (χ3n) is 3.46. The molecule has 3 rings (SSSR count). The molecule has 0 spiro atoms. The first kappa shape index (κ1) is 16.9. The number of nitrogens with one attached hydrogen (secondary N) is 1. The molecule has 0 saturated carbocycles. The van der Waals surface area contributed by atoms with Crippen LogP contribution in [-0.4, -0.2) is 17.9 Å². The maximum atomic E-state index is 13.2. The molecule has 0 fully saturated rings. The molecule has 0 bridgehead atoms. The number of hydrogen-bond acceptors (Lipinski definition) is 4. The number of ether oxygens (including phenoxy) is 1. The van der Waals surface area contributed by atoms with Crippen LogP contribution in [0, 0.1) is 5.82 Å². The Morgan fingerprint density at radius 2 is 1.96 bits per heavy atom. The van der Waals surface area contributed by atoms with E-state index in [4.69, 9.17) is 4.74 Å². The minimum atomic E-state index is -0.372. The summed E-state index contributed by atoms with van der Waals surface area (Å²) >= 11 is 1.14. The van der Waals surface area contributed by atoms with Crippen molar-refractivity contribution in [3.63, 3.8) is 0 Å². The highest BCUT2D eigenvalue weighted by molar-refractivity contribution is 7.07. The van der Waals surface area contributed by atoms with Crippen LogP contribution in [0.15, 0.2) is 53.3 Å². The second-order valence-electron chi connectivity index (χ2n) is 5.22. The number of H-pyrrole nitrogens is 1. The fraction of sp³-hybridized carbons (Fsp3) is 0.0526. The zero-order chi connectivity index (χ0) is 17.8. The zero-order valence-electron chi connectivity index (χ0n) is 13.3. The number of thiazole rings is 1. The van der Waals surface area contributed by atoms with Gasteiger partial charge in [0.2, 0.25) is 0 Å². The van der Waals surface area contributed by atoms with E-state index in [1.807, 2.05) is 0 Å². The van der Waals surface area contributed by atoms with Crippen LogP contribution in [0.4, 0.5) is 4.39 Å². The highest BCUT2D eigenvalue weighted by Gasteiger charge is 2.04. The number of carbonyl (C=O) groups excluding carboxylic acids is 1. The molecule has 25 heavy (non-hydrogen) atoms. The summed E-state index contributed by atoms with van der Waals surface area (Å²) in [5.74, 6) is 0.0636. The Labute approximate surface area is 146 Å². The first-order valence-corrected chi connectivity index (χ1v) is 8.23. The lowest BCUT2D eigenvalue weighted by molar-refractivity contribution is 0.106. The van der Waals surface area contributed by atoms with Crippen LogP contribution >= 0.6 is 11.3 Å². The summed E-state index contributed by atoms with van der Waals surface area (Å²) < 4.78 is 19.1. The molecule has 3 aromatic rings. The maximum absolute atomic E-state index is 13.2. The van der Waals surface area contributed by atoms with Gasteiger partial charge in [0.15, 0.2) is 5.78 Å². The molecule has 1 heterocycles. The quantitative estimate of drug-likeness (QED) is 0.729. The predicted molar refractivity (Wildman–Crippen MR) is 95.9 cm³/mol. The average Bonchev–Trinajstić information content (AvgIpc) is 2.94. The van der Waals surface area contributed by atoms with Crippen LogP contribution in [0.3, 0.4) is 0 Å². The lowest BCUT2D eigenvalue weighted by atomic mass is 10.1. The number of ketones is 1. The molecule has 2 aromatic carbocycles. The number of methoxy groups -OCH3 is 1. The minimum Gasteiger partial charge on any atom is -0.497 e. The summed E-state index contributed by atoms with van der Waals surface area (Å²) in [6.07, 6.45) is 2.96. The van der Waals surface area contributed by atoms with Crippen LogP contribution in [0.1, 0.15) is 15.9 Å². The summed E-state index contributed by atoms with van der Waals surface area (Å²) in [6.45, 7) is 0. The molecule has 0 unspecified atom stereocenters. The molecule has 6 heteroatoms. The van der Waals surface area contributed by atoms with Gasteiger partial charge >= 0.3 is 0 Å². The van der Waals surface area contributed by atoms with Gasteiger partial charge in [0.25, 0.3) is 5.56 Å². The van der Waals surface area contributed by atoms with E-state index in [1.54, 1.807) is 49.6 Å². The Morgan fingerprint density at radius 3 is 2.64 bits per heavy atom. The van der Waals surface area contributed by atoms with E-state index >= 15 is 0 Å². The van der Waals surface area contributed by atoms with Crippen LogP contribution < -0.4 is 19.5 Å². The van der Waals surface area contributed by atoms with E-state index in [-0.39, 0.29) is 17.2 Å². The van der Waals surface area contributed by atoms with Crippen molar-refractivity contribution in [3.05, 3.63) is 85.0 Å². The maximum Gasteiger partial charge on any atom is 0.266 e. The largest absolute Gasteiger partial charge is 0.497 e. The van der Waals surface area contributed by atoms with Crippen LogP contribution in [0.5, 0.6) is 5.75 Å². The van der Waals surface area contributed by atoms with Crippen molar-refractivity contribution < 1.29 is 13.9 Å². The smallest absolute Gasteiger partial charge is 0.266 e. The van der Waals surface area contributed by atoms with Gasteiger partial charge in [-0.25, -0.2) is 4.39 Å². The normalized spacial score (nSPS) is 12.4. The first-order valence-electron chi connectivity index (χ1n) is 7.42. The van der Waals surface area contributed by atoms with E-state index in [0.717, 1.165) is 11.3 Å². The second kappa shape index (κ2) is 7.27. The van der Waals surface area contributed by atoms with Gasteiger partial charge in [-0.05, 0) is 48.0 Å². The summed E-state index contributed by atoms with van der Waals surface area (Å²) in [5.41, 5.74) is 0.758. The number of benzene rings is 2. The second-order valence-corrected chi connectivity index (χ2v) is 6.30. The van der Waals surface area contributed by atoms with Gasteiger partial charge in [-0.15, -0.1) is 11.3 Å². The van der Waals surface area contributed by atoms with Crippen LogP contribution in [0.25, 0.3) is 12.2 Å². The first-order chi connectivity index (χ1) is 12.0. The topological polar surface area (TPSA) is 59.2 Å². The molecule has 0 atom stereocenters. The fourth-order valence-corrected chi connectivity index (χ4v) is 3.12. The van der Waals surface area contributed by atoms with Gasteiger partial charge in [0.05, 0.1) is 16.3 Å². The zero-order valence-corrected chi connectivity index (χ0v) is 14.1. The van der Waals surface area contributed by atoms with Crippen molar-refractivity contribution >= 4 is 29.3 Å². The number of carbonyl (C=O) groups is 1. The molecule has 0 aliphatic rings. The summed E-state index contributed by atoms with van der Waals surface area (Å²) in [4.78, 5) is 26.9. The Kier molecular flexibility index (Phi) is 4.90. The van der Waals surface area contributed by atoms with Crippen molar-refractivity contribution in [2.45, 2.75) is 0 Å². The Hall–Kier alpha value is -2.99. The molecule has 4 nitrogen and oxygen atoms in total. The van der Waals surface area contributed by atoms with Gasteiger partial charge in [-0.3, -0.25) is 9.59 Å². The number of hydrogen-bond donors (Lipinski definition) is 1. The number of halogens is 1. The van der Waals surface area contributed by atoms with Gasteiger partial charge in [0.1, 0.15) is 11.6 Å². The monoisotopic (exact) mass is 355 g/mol. The molecule has 0 aliphatic heterocycles. The number of rotatable bonds is 4. The van der Waals surface area contributed by atoms with Crippen LogP contribution in [-0.2, 0) is 0 Å². The van der Waals surface area contributed by atoms with Gasteiger partial charge in [0, 0.05) is 11.6 Å². The fourth-order valence-electron chi connectivity index (χ4n) is 2.23. The molecule has 1 N–H and O–H groups in total. The Balaban J connectivity index is 1.94. The van der Waals surface area contributed by atoms with E-state index < -0.39 is 0 Å². The molecule has 0 amide bonds. The predicted octanol–water partition coefficient (Wildman–Crippen LogP) is 2.08. The summed E-state index contributed by atoms with van der Waals surface area (Å²) in [7, 11) is 1.55. The third-order valence-corrected chi connectivity index (χ3v) is 4.43. The Morgan fingerprint density at radius 1 is 1.20 bits per heavy atom. The van der Waals surface area contributed by atoms with Gasteiger partial charge in [-0.1, -0.05) is 12.1 Å². The minimum absolute atomic E-state index is 0.225. The van der Waals surface area contributed by atoms with Crippen molar-refractivity contribution in [2.75, 3.05) is 7.11 Å². The van der Waals surface area contributed by atoms with E-state index in [1.165, 1.54) is 18.2 Å². The number of aromatic amines is 1. The molecular weight excluding hydrogens is 341 g/mol. The van der Waals surface area contributed by atoms with Gasteiger partial charge < -0.3 is 9.72 Å². The molecular formula is C19H14FNO3S. The summed E-state index contributed by atoms with van der Waals surface area (Å²) in [6, 6.07) is 12.7. The van der Waals surface area contributed by atoms with Crippen molar-refractivity contribution in [2.24, 2.45) is 0 Å². The lowest BCUT2D eigenvalue weighted by Gasteiger charge is -1.99. The van der Waals surface area contributed by atoms with Gasteiger partial charge in [-0.2, -0.15) is 0 Å². The molecule has 0 aliphatic carbocycles. The van der Waals surface area contributed by atoms with Crippen molar-refractivity contribution in [1.82, 2.24) is 4.98 Å². The van der Waals surface area contributed by atoms with Crippen LogP contribution in [0.2, 0.25) is 0 Å². The highest BCUT2D eigenvalue weighted by atomic mass is 32.1. The van der Waals surface area contributed by atoms with E-state index in [2.05, 4.69) is 4.98 Å². The molecule has 126 valence electrons. The lowest BCUT2D eigenvalue weighted by Crippen LogP contribution is -2.20. The molecule has 0 radical (unpaired) electrons. The average molecular weight is 355 g/mol. The molecule has 1 aromatic heterocycles. The summed E-state index contributed by atoms with van der Waals surface area (Å²) in [5, 5.41) is 0. The number of Topliss-reactive ketones (excluding diaryl/α,β-unsaturated/α-hetero) is 1. The molecule has 0 saturated heterocycles. The standard InChI is InChI=1S/C19H14FNO3S/c1-24-15-7-5-13(6-8-15)16(22)11-18-21-19(23)17(25-18)10-12-3-2-4-14(20)9-12/h2-11H,1H3,(H,21,23). The third kappa shape index (κ3) is 4.10. The van der Waals surface area contributed by atoms with Crippen molar-refractivity contribution in [3.8, 4) is 5.75 Å². The van der Waals surface area contributed by atoms with E-state index in [0.29, 0.717) is 26.1 Å². The van der Waals surface area contributed by atoms with Crippen molar-refractivity contribution in [1.29, 1.82) is 0 Å². The highest BCUT2D eigenvalue weighted by Crippen LogP contribution is 2.12. The number of aromatic nitrogens is 1. The van der Waals surface area contributed by atoms with E-state index in [9.17, 15) is 14.0 Å². The SMILES string of the molecule is COc1ccc(C(=O)C=c2[nH]c(=O)c(=Cc3cccc(F)c3)s2)cc1.